The Labute approximate surface area is 127 Å². The van der Waals surface area contributed by atoms with Crippen LogP contribution >= 0.6 is 11.6 Å². The molecule has 1 aromatic heterocycles. The average molecular weight is 325 g/mol. The minimum atomic E-state index is -3.68. The third-order valence-electron chi connectivity index (χ3n) is 3.62. The molecule has 0 bridgehead atoms. The predicted octanol–water partition coefficient (Wildman–Crippen LogP) is 1.65. The molecule has 1 heterocycles. The van der Waals surface area contributed by atoms with E-state index in [9.17, 15) is 13.2 Å². The number of rotatable bonds is 4. The fourth-order valence-corrected chi connectivity index (χ4v) is 3.74. The maximum atomic E-state index is 12.2. The first kappa shape index (κ1) is 14.3. The standard InChI is InChI=1S/C14H13ClN2O3S/c15-13-6-11(8-16-14(13)18)21(19,20)17-7-10-5-9-3-1-2-4-12(9)10/h1-4,6,8,10,17H,5,7H2,(H,16,18). The Balaban J connectivity index is 1.73. The summed E-state index contributed by atoms with van der Waals surface area (Å²) >= 11 is 5.65. The second-order valence-corrected chi connectivity index (χ2v) is 7.14. The molecule has 1 aromatic carbocycles. The van der Waals surface area contributed by atoms with Crippen LogP contribution in [0.15, 0.2) is 46.2 Å². The van der Waals surface area contributed by atoms with Crippen LogP contribution in [0, 0.1) is 0 Å². The normalized spacial score (nSPS) is 17.1. The fourth-order valence-electron chi connectivity index (χ4n) is 2.43. The molecule has 21 heavy (non-hydrogen) atoms. The molecule has 0 saturated carbocycles. The zero-order valence-electron chi connectivity index (χ0n) is 11.0. The van der Waals surface area contributed by atoms with E-state index in [2.05, 4.69) is 9.71 Å². The number of halogens is 1. The van der Waals surface area contributed by atoms with Crippen LogP contribution in [0.3, 0.4) is 0 Å². The van der Waals surface area contributed by atoms with Crippen LogP contribution in [0.5, 0.6) is 0 Å². The SMILES string of the molecule is O=c1[nH]cc(S(=O)(=O)NCC2Cc3ccccc32)cc1Cl. The summed E-state index contributed by atoms with van der Waals surface area (Å²) in [6, 6.07) is 9.12. The lowest BCUT2D eigenvalue weighted by atomic mass is 9.78. The summed E-state index contributed by atoms with van der Waals surface area (Å²) < 4.78 is 26.9. The minimum absolute atomic E-state index is 0.0419. The second-order valence-electron chi connectivity index (χ2n) is 4.96. The van der Waals surface area contributed by atoms with Crippen molar-refractivity contribution in [2.75, 3.05) is 6.54 Å². The van der Waals surface area contributed by atoms with E-state index in [0.29, 0.717) is 6.54 Å². The summed E-state index contributed by atoms with van der Waals surface area (Å²) in [5, 5.41) is -0.146. The zero-order valence-corrected chi connectivity index (χ0v) is 12.5. The Kier molecular flexibility index (Phi) is 3.61. The van der Waals surface area contributed by atoms with Gasteiger partial charge in [-0.2, -0.15) is 0 Å². The molecule has 2 N–H and O–H groups in total. The number of hydrogen-bond acceptors (Lipinski definition) is 3. The first-order valence-electron chi connectivity index (χ1n) is 6.43. The lowest BCUT2D eigenvalue weighted by Gasteiger charge is -2.30. The van der Waals surface area contributed by atoms with Crippen LogP contribution in [0.1, 0.15) is 17.0 Å². The largest absolute Gasteiger partial charge is 0.326 e. The van der Waals surface area contributed by atoms with Crippen molar-refractivity contribution in [1.29, 1.82) is 0 Å². The van der Waals surface area contributed by atoms with E-state index in [4.69, 9.17) is 11.6 Å². The monoisotopic (exact) mass is 324 g/mol. The molecule has 7 heteroatoms. The molecule has 1 atom stereocenters. The topological polar surface area (TPSA) is 79.0 Å². The summed E-state index contributed by atoms with van der Waals surface area (Å²) in [4.78, 5) is 13.4. The highest BCUT2D eigenvalue weighted by Gasteiger charge is 2.27. The van der Waals surface area contributed by atoms with Gasteiger partial charge in [0.15, 0.2) is 0 Å². The van der Waals surface area contributed by atoms with E-state index < -0.39 is 15.6 Å². The van der Waals surface area contributed by atoms with E-state index in [1.54, 1.807) is 0 Å². The third-order valence-corrected chi connectivity index (χ3v) is 5.31. The van der Waals surface area contributed by atoms with Gasteiger partial charge < -0.3 is 4.98 Å². The smallest absolute Gasteiger partial charge is 0.266 e. The van der Waals surface area contributed by atoms with Gasteiger partial charge in [-0.1, -0.05) is 35.9 Å². The Hall–Kier alpha value is -1.63. The van der Waals surface area contributed by atoms with Gasteiger partial charge >= 0.3 is 0 Å². The molecule has 0 aliphatic heterocycles. The summed E-state index contributed by atoms with van der Waals surface area (Å²) in [6.07, 6.45) is 2.01. The van der Waals surface area contributed by atoms with Crippen molar-refractivity contribution in [3.8, 4) is 0 Å². The summed E-state index contributed by atoms with van der Waals surface area (Å²) in [7, 11) is -3.68. The van der Waals surface area contributed by atoms with E-state index in [1.807, 2.05) is 24.3 Å². The van der Waals surface area contributed by atoms with E-state index in [-0.39, 0.29) is 15.8 Å². The van der Waals surface area contributed by atoms with Crippen molar-refractivity contribution in [3.63, 3.8) is 0 Å². The molecule has 2 aromatic rings. The van der Waals surface area contributed by atoms with Crippen LogP contribution in [0.2, 0.25) is 5.02 Å². The molecular weight excluding hydrogens is 312 g/mol. The molecule has 0 spiro atoms. The highest BCUT2D eigenvalue weighted by molar-refractivity contribution is 7.89. The summed E-state index contributed by atoms with van der Waals surface area (Å²) in [5.74, 6) is 0.189. The highest BCUT2D eigenvalue weighted by atomic mass is 35.5. The fraction of sp³-hybridized carbons (Fsp3) is 0.214. The molecule has 1 unspecified atom stereocenters. The molecule has 110 valence electrons. The molecule has 1 aliphatic carbocycles. The second kappa shape index (κ2) is 5.29. The van der Waals surface area contributed by atoms with Crippen molar-refractivity contribution in [2.24, 2.45) is 0 Å². The molecule has 0 amide bonds. The number of benzene rings is 1. The summed E-state index contributed by atoms with van der Waals surface area (Å²) in [6.45, 7) is 0.329. The van der Waals surface area contributed by atoms with Crippen LogP contribution in [0.25, 0.3) is 0 Å². The maximum absolute atomic E-state index is 12.2. The first-order valence-corrected chi connectivity index (χ1v) is 8.29. The Bertz CT molecular complexity index is 845. The molecule has 1 aliphatic rings. The van der Waals surface area contributed by atoms with E-state index in [0.717, 1.165) is 18.7 Å². The van der Waals surface area contributed by atoms with Gasteiger partial charge in [0, 0.05) is 18.7 Å². The molecular formula is C14H13ClN2O3S. The molecule has 5 nitrogen and oxygen atoms in total. The molecule has 3 rings (SSSR count). The van der Waals surface area contributed by atoms with Gasteiger partial charge in [0.25, 0.3) is 5.56 Å². The minimum Gasteiger partial charge on any atom is -0.326 e. The van der Waals surface area contributed by atoms with E-state index >= 15 is 0 Å². The molecule has 0 radical (unpaired) electrons. The van der Waals surface area contributed by atoms with Gasteiger partial charge in [0.05, 0.1) is 4.90 Å². The lowest BCUT2D eigenvalue weighted by molar-refractivity contribution is 0.551. The van der Waals surface area contributed by atoms with Crippen LogP contribution in [-0.4, -0.2) is 19.9 Å². The van der Waals surface area contributed by atoms with Crippen molar-refractivity contribution in [3.05, 3.63) is 63.0 Å². The Morgan fingerprint density at radius 2 is 2.10 bits per heavy atom. The van der Waals surface area contributed by atoms with Gasteiger partial charge in [-0.3, -0.25) is 4.79 Å². The first-order chi connectivity index (χ1) is 9.97. The molecule has 0 fully saturated rings. The number of aromatic nitrogens is 1. The molecule has 0 saturated heterocycles. The number of hydrogen-bond donors (Lipinski definition) is 2. The van der Waals surface area contributed by atoms with Crippen molar-refractivity contribution < 1.29 is 8.42 Å². The third kappa shape index (κ3) is 2.74. The van der Waals surface area contributed by atoms with Gasteiger partial charge in [-0.05, 0) is 23.6 Å². The van der Waals surface area contributed by atoms with Crippen molar-refractivity contribution in [1.82, 2.24) is 9.71 Å². The van der Waals surface area contributed by atoms with Gasteiger partial charge in [0.2, 0.25) is 10.0 Å². The average Bonchev–Trinajstić information content (AvgIpc) is 2.42. The summed E-state index contributed by atoms with van der Waals surface area (Å²) in [5.41, 5.74) is 1.93. The number of fused-ring (bicyclic) bond motifs is 1. The number of aromatic amines is 1. The van der Waals surface area contributed by atoms with Gasteiger partial charge in [-0.15, -0.1) is 0 Å². The number of nitrogens with one attached hydrogen (secondary N) is 2. The van der Waals surface area contributed by atoms with Crippen molar-refractivity contribution >= 4 is 21.6 Å². The number of sulfonamides is 1. The van der Waals surface area contributed by atoms with Crippen molar-refractivity contribution in [2.45, 2.75) is 17.2 Å². The van der Waals surface area contributed by atoms with Crippen LogP contribution in [-0.2, 0) is 16.4 Å². The maximum Gasteiger partial charge on any atom is 0.266 e. The van der Waals surface area contributed by atoms with Gasteiger partial charge in [0.1, 0.15) is 5.02 Å². The van der Waals surface area contributed by atoms with Crippen LogP contribution < -0.4 is 10.3 Å². The van der Waals surface area contributed by atoms with E-state index in [1.165, 1.54) is 11.1 Å². The van der Waals surface area contributed by atoms with Crippen LogP contribution in [0.4, 0.5) is 0 Å². The highest BCUT2D eigenvalue weighted by Crippen LogP contribution is 2.34. The Morgan fingerprint density at radius 3 is 2.81 bits per heavy atom. The number of pyridine rings is 1. The van der Waals surface area contributed by atoms with Gasteiger partial charge in [-0.25, -0.2) is 13.1 Å². The quantitative estimate of drug-likeness (QED) is 0.897. The number of H-pyrrole nitrogens is 1. The Morgan fingerprint density at radius 1 is 1.33 bits per heavy atom. The lowest BCUT2D eigenvalue weighted by Crippen LogP contribution is -2.33. The zero-order chi connectivity index (χ0) is 15.0. The predicted molar refractivity (Wildman–Crippen MR) is 80.1 cm³/mol.